The third-order valence-electron chi connectivity index (χ3n) is 3.29. The molecule has 0 fully saturated rings. The molecule has 0 aliphatic carbocycles. The second-order valence-corrected chi connectivity index (χ2v) is 5.30. The molecule has 22 heavy (non-hydrogen) atoms. The first-order valence-corrected chi connectivity index (χ1v) is 6.97. The minimum Gasteiger partial charge on any atom is -0.497 e. The van der Waals surface area contributed by atoms with E-state index < -0.39 is 5.63 Å². The molecule has 1 aromatic heterocycles. The minimum absolute atomic E-state index is 0.197. The largest absolute Gasteiger partial charge is 0.497 e. The van der Waals surface area contributed by atoms with Crippen LogP contribution in [0, 0.1) is 0 Å². The number of rotatable bonds is 4. The number of methoxy groups -OCH3 is 1. The fourth-order valence-corrected chi connectivity index (χ4v) is 2.32. The maximum atomic E-state index is 12.1. The lowest BCUT2D eigenvalue weighted by Crippen LogP contribution is -2.01. The molecule has 5 heteroatoms. The van der Waals surface area contributed by atoms with Crippen LogP contribution in [0.5, 0.6) is 11.5 Å². The topological polar surface area (TPSA) is 48.7 Å². The Morgan fingerprint density at radius 2 is 1.86 bits per heavy atom. The van der Waals surface area contributed by atoms with Gasteiger partial charge in [0.2, 0.25) is 0 Å². The maximum Gasteiger partial charge on any atom is 0.344 e. The Morgan fingerprint density at radius 1 is 1.14 bits per heavy atom. The Labute approximate surface area is 131 Å². The van der Waals surface area contributed by atoms with Crippen LogP contribution in [-0.4, -0.2) is 13.7 Å². The molecule has 3 aromatic rings. The molecule has 0 aliphatic rings. The van der Waals surface area contributed by atoms with Crippen LogP contribution in [0.15, 0.2) is 57.2 Å². The van der Waals surface area contributed by atoms with Crippen LogP contribution in [0.1, 0.15) is 0 Å². The van der Waals surface area contributed by atoms with Gasteiger partial charge in [0, 0.05) is 21.9 Å². The van der Waals surface area contributed by atoms with Gasteiger partial charge < -0.3 is 13.9 Å². The number of halogens is 1. The highest BCUT2D eigenvalue weighted by Gasteiger charge is 2.09. The van der Waals surface area contributed by atoms with Gasteiger partial charge in [-0.15, -0.1) is 0 Å². The molecule has 0 unspecified atom stereocenters. The molecule has 0 aliphatic heterocycles. The van der Waals surface area contributed by atoms with Crippen molar-refractivity contribution < 1.29 is 13.9 Å². The van der Waals surface area contributed by atoms with Crippen molar-refractivity contribution in [3.05, 3.63) is 58.4 Å². The van der Waals surface area contributed by atoms with Crippen LogP contribution < -0.4 is 15.1 Å². The second-order valence-electron chi connectivity index (χ2n) is 4.76. The normalized spacial score (nSPS) is 10.8. The Bertz CT molecular complexity index is 927. The van der Waals surface area contributed by atoms with Crippen molar-refractivity contribution in [3.63, 3.8) is 0 Å². The molecule has 112 valence electrons. The van der Waals surface area contributed by atoms with E-state index >= 15 is 0 Å². The summed E-state index contributed by atoms with van der Waals surface area (Å²) < 4.78 is 16.0. The highest BCUT2D eigenvalue weighted by atomic mass is 35.5. The molecule has 0 amide bonds. The maximum absolute atomic E-state index is 12.1. The fraction of sp³-hybridized carbons (Fsp3) is 0.118. The Hall–Kier alpha value is -2.46. The van der Waals surface area contributed by atoms with E-state index in [0.717, 1.165) is 10.8 Å². The SMILES string of the molecule is C=C(Cl)COc1ccc2c(c1)oc(=O)c1cc(OC)ccc12. The van der Waals surface area contributed by atoms with Gasteiger partial charge in [0.15, 0.2) is 0 Å². The van der Waals surface area contributed by atoms with Crippen molar-refractivity contribution in [2.45, 2.75) is 0 Å². The van der Waals surface area contributed by atoms with Crippen LogP contribution in [0.4, 0.5) is 0 Å². The van der Waals surface area contributed by atoms with Gasteiger partial charge in [-0.1, -0.05) is 18.2 Å². The Balaban J connectivity index is 2.17. The van der Waals surface area contributed by atoms with E-state index in [1.807, 2.05) is 18.2 Å². The predicted octanol–water partition coefficient (Wildman–Crippen LogP) is 4.09. The van der Waals surface area contributed by atoms with E-state index in [9.17, 15) is 4.79 Å². The lowest BCUT2D eigenvalue weighted by molar-refractivity contribution is 0.359. The third-order valence-corrected chi connectivity index (χ3v) is 3.40. The summed E-state index contributed by atoms with van der Waals surface area (Å²) in [4.78, 5) is 12.1. The van der Waals surface area contributed by atoms with Gasteiger partial charge in [-0.05, 0) is 30.3 Å². The highest BCUT2D eigenvalue weighted by Crippen LogP contribution is 2.28. The standard InChI is InChI=1S/C17H13ClO4/c1-10(18)9-21-12-4-6-14-13-5-3-11(20-2)7-15(13)17(19)22-16(14)8-12/h3-8H,1,9H2,2H3. The first-order valence-electron chi connectivity index (χ1n) is 6.59. The number of hydrogen-bond acceptors (Lipinski definition) is 4. The average Bonchev–Trinajstić information content (AvgIpc) is 2.52. The quantitative estimate of drug-likeness (QED) is 0.537. The van der Waals surface area contributed by atoms with E-state index in [1.54, 1.807) is 25.3 Å². The van der Waals surface area contributed by atoms with Gasteiger partial charge in [-0.25, -0.2) is 4.79 Å². The van der Waals surface area contributed by atoms with E-state index in [0.29, 0.717) is 27.5 Å². The molecule has 0 spiro atoms. The smallest absolute Gasteiger partial charge is 0.344 e. The molecular formula is C17H13ClO4. The highest BCUT2D eigenvalue weighted by molar-refractivity contribution is 6.29. The van der Waals surface area contributed by atoms with E-state index in [2.05, 4.69) is 6.58 Å². The summed E-state index contributed by atoms with van der Waals surface area (Å²) in [5, 5.41) is 2.51. The molecule has 0 bridgehead atoms. The average molecular weight is 317 g/mol. The van der Waals surface area contributed by atoms with Crippen molar-refractivity contribution in [2.24, 2.45) is 0 Å². The molecular weight excluding hydrogens is 304 g/mol. The zero-order valence-corrected chi connectivity index (χ0v) is 12.6. The molecule has 0 atom stereocenters. The van der Waals surface area contributed by atoms with E-state index in [-0.39, 0.29) is 6.61 Å². The van der Waals surface area contributed by atoms with Crippen LogP contribution in [0.2, 0.25) is 0 Å². The van der Waals surface area contributed by atoms with E-state index in [1.165, 1.54) is 0 Å². The molecule has 2 aromatic carbocycles. The molecule has 4 nitrogen and oxygen atoms in total. The van der Waals surface area contributed by atoms with Gasteiger partial charge in [-0.3, -0.25) is 0 Å². The van der Waals surface area contributed by atoms with Crippen molar-refractivity contribution in [2.75, 3.05) is 13.7 Å². The lowest BCUT2D eigenvalue weighted by atomic mass is 10.1. The van der Waals surface area contributed by atoms with Crippen LogP contribution in [-0.2, 0) is 0 Å². The summed E-state index contributed by atoms with van der Waals surface area (Å²) in [5.74, 6) is 1.17. The van der Waals surface area contributed by atoms with Crippen LogP contribution in [0.3, 0.4) is 0 Å². The molecule has 0 saturated heterocycles. The number of hydrogen-bond donors (Lipinski definition) is 0. The minimum atomic E-state index is -0.416. The summed E-state index contributed by atoms with van der Waals surface area (Å²) in [6, 6.07) is 10.6. The van der Waals surface area contributed by atoms with Gasteiger partial charge in [0.1, 0.15) is 23.7 Å². The molecule has 3 rings (SSSR count). The Morgan fingerprint density at radius 3 is 2.59 bits per heavy atom. The molecule has 0 N–H and O–H groups in total. The fourth-order valence-electron chi connectivity index (χ4n) is 2.27. The molecule has 1 heterocycles. The molecule has 0 radical (unpaired) electrons. The van der Waals surface area contributed by atoms with Crippen LogP contribution in [0.25, 0.3) is 21.7 Å². The zero-order valence-electron chi connectivity index (χ0n) is 11.9. The van der Waals surface area contributed by atoms with Crippen molar-refractivity contribution in [3.8, 4) is 11.5 Å². The van der Waals surface area contributed by atoms with Crippen molar-refractivity contribution in [1.82, 2.24) is 0 Å². The van der Waals surface area contributed by atoms with Gasteiger partial charge in [0.05, 0.1) is 12.5 Å². The summed E-state index contributed by atoms with van der Waals surface area (Å²) in [7, 11) is 1.55. The number of fused-ring (bicyclic) bond motifs is 3. The lowest BCUT2D eigenvalue weighted by Gasteiger charge is -2.08. The number of benzene rings is 2. The summed E-state index contributed by atoms with van der Waals surface area (Å²) in [6.07, 6.45) is 0. The first kappa shape index (κ1) is 14.5. The summed E-state index contributed by atoms with van der Waals surface area (Å²) >= 11 is 5.67. The first-order chi connectivity index (χ1) is 10.6. The molecule has 0 saturated carbocycles. The summed E-state index contributed by atoms with van der Waals surface area (Å²) in [6.45, 7) is 3.76. The summed E-state index contributed by atoms with van der Waals surface area (Å²) in [5.41, 5.74) is 0.0423. The van der Waals surface area contributed by atoms with Crippen molar-refractivity contribution in [1.29, 1.82) is 0 Å². The van der Waals surface area contributed by atoms with Gasteiger partial charge in [0.25, 0.3) is 0 Å². The zero-order chi connectivity index (χ0) is 15.7. The van der Waals surface area contributed by atoms with Gasteiger partial charge >= 0.3 is 5.63 Å². The number of ether oxygens (including phenoxy) is 2. The Kier molecular flexibility index (Phi) is 3.77. The van der Waals surface area contributed by atoms with Gasteiger partial charge in [-0.2, -0.15) is 0 Å². The van der Waals surface area contributed by atoms with Crippen molar-refractivity contribution >= 4 is 33.3 Å². The van der Waals surface area contributed by atoms with E-state index in [4.69, 9.17) is 25.5 Å². The second kappa shape index (κ2) is 5.73. The predicted molar refractivity (Wildman–Crippen MR) is 87.0 cm³/mol. The van der Waals surface area contributed by atoms with Crippen LogP contribution >= 0.6 is 11.6 Å². The third kappa shape index (κ3) is 2.65. The monoisotopic (exact) mass is 316 g/mol.